The van der Waals surface area contributed by atoms with E-state index in [1.165, 1.54) is 18.3 Å². The summed E-state index contributed by atoms with van der Waals surface area (Å²) in [4.78, 5) is 22.9. The highest BCUT2D eigenvalue weighted by atomic mass is 35.5. The van der Waals surface area contributed by atoms with E-state index >= 15 is 0 Å². The summed E-state index contributed by atoms with van der Waals surface area (Å²) < 4.78 is 0. The Labute approximate surface area is 132 Å². The Hall–Kier alpha value is -1.79. The molecule has 0 aromatic heterocycles. The molecule has 3 N–H and O–H groups in total. The molecule has 0 heterocycles. The van der Waals surface area contributed by atoms with Gasteiger partial charge in [-0.1, -0.05) is 30.1 Å². The monoisotopic (exact) mass is 331 g/mol. The highest BCUT2D eigenvalue weighted by Crippen LogP contribution is 2.32. The summed E-state index contributed by atoms with van der Waals surface area (Å²) in [7, 11) is 0. The first kappa shape index (κ1) is 17.3. The van der Waals surface area contributed by atoms with Gasteiger partial charge in [-0.15, -0.1) is 0 Å². The molecule has 6 nitrogen and oxygen atoms in total. The molecule has 1 rings (SSSR count). The van der Waals surface area contributed by atoms with Crippen molar-refractivity contribution in [3.63, 3.8) is 0 Å². The highest BCUT2D eigenvalue weighted by molar-refractivity contribution is 6.37. The minimum atomic E-state index is -0.873. The van der Waals surface area contributed by atoms with E-state index in [2.05, 4.69) is 15.8 Å². The smallest absolute Gasteiger partial charge is 0.329 e. The van der Waals surface area contributed by atoms with Gasteiger partial charge in [0.15, 0.2) is 5.75 Å². The summed E-state index contributed by atoms with van der Waals surface area (Å²) in [5.41, 5.74) is 2.55. The van der Waals surface area contributed by atoms with Crippen molar-refractivity contribution < 1.29 is 14.7 Å². The van der Waals surface area contributed by atoms with Crippen LogP contribution in [0.2, 0.25) is 10.0 Å². The third-order valence-electron chi connectivity index (χ3n) is 2.62. The van der Waals surface area contributed by atoms with Gasteiger partial charge < -0.3 is 10.4 Å². The molecule has 0 fully saturated rings. The number of hydrogen-bond acceptors (Lipinski definition) is 4. The van der Waals surface area contributed by atoms with Gasteiger partial charge in [0.1, 0.15) is 0 Å². The highest BCUT2D eigenvalue weighted by Gasteiger charge is 2.14. The Bertz CT molecular complexity index is 553. The Balaban J connectivity index is 2.62. The molecule has 8 heteroatoms. The quantitative estimate of drug-likeness (QED) is 0.448. The SMILES string of the molecule is CC[C@@H](C)NC(=O)C(=O)N/N=C/c1cc(Cl)c(O)c(Cl)c1. The van der Waals surface area contributed by atoms with Gasteiger partial charge in [-0.05, 0) is 31.0 Å². The Morgan fingerprint density at radius 1 is 1.33 bits per heavy atom. The molecule has 1 aromatic carbocycles. The van der Waals surface area contributed by atoms with E-state index in [4.69, 9.17) is 23.2 Å². The van der Waals surface area contributed by atoms with Crippen molar-refractivity contribution in [3.05, 3.63) is 27.7 Å². The van der Waals surface area contributed by atoms with Crippen LogP contribution >= 0.6 is 23.2 Å². The summed E-state index contributed by atoms with van der Waals surface area (Å²) in [5, 5.41) is 15.6. The lowest BCUT2D eigenvalue weighted by Gasteiger charge is -2.09. The van der Waals surface area contributed by atoms with E-state index in [9.17, 15) is 14.7 Å². The van der Waals surface area contributed by atoms with Crippen molar-refractivity contribution in [3.8, 4) is 5.75 Å². The minimum Gasteiger partial charge on any atom is -0.505 e. The summed E-state index contributed by atoms with van der Waals surface area (Å²) in [6.45, 7) is 3.67. The number of carbonyl (C=O) groups is 2. The maximum Gasteiger partial charge on any atom is 0.329 e. The number of benzene rings is 1. The number of amides is 2. The van der Waals surface area contributed by atoms with E-state index in [1.54, 1.807) is 6.92 Å². The number of nitrogens with zero attached hydrogens (tertiary/aromatic N) is 1. The molecule has 0 saturated carbocycles. The lowest BCUT2D eigenvalue weighted by molar-refractivity contribution is -0.139. The molecule has 0 aliphatic carbocycles. The molecule has 1 aromatic rings. The van der Waals surface area contributed by atoms with E-state index in [0.29, 0.717) is 12.0 Å². The molecule has 0 unspecified atom stereocenters. The summed E-state index contributed by atoms with van der Waals surface area (Å²) in [5.74, 6) is -1.86. The molecule has 0 spiro atoms. The first-order chi connectivity index (χ1) is 9.85. The van der Waals surface area contributed by atoms with E-state index in [-0.39, 0.29) is 21.8 Å². The first-order valence-corrected chi connectivity index (χ1v) is 6.92. The van der Waals surface area contributed by atoms with E-state index in [1.807, 2.05) is 6.92 Å². The normalized spacial score (nSPS) is 12.2. The van der Waals surface area contributed by atoms with Crippen LogP contribution in [0.15, 0.2) is 17.2 Å². The fourth-order valence-corrected chi connectivity index (χ4v) is 1.77. The standard InChI is InChI=1S/C13H15Cl2N3O3/c1-3-7(2)17-12(20)13(21)18-16-6-8-4-9(14)11(19)10(15)5-8/h4-7,19H,3H2,1-2H3,(H,17,20)(H,18,21)/b16-6+/t7-/m1/s1. The van der Waals surface area contributed by atoms with Crippen LogP contribution in [0.25, 0.3) is 0 Å². The van der Waals surface area contributed by atoms with Crippen LogP contribution in [0, 0.1) is 0 Å². The van der Waals surface area contributed by atoms with Crippen molar-refractivity contribution in [1.29, 1.82) is 0 Å². The second kappa shape index (κ2) is 7.85. The van der Waals surface area contributed by atoms with Crippen molar-refractivity contribution in [1.82, 2.24) is 10.7 Å². The summed E-state index contributed by atoms with van der Waals surface area (Å²) >= 11 is 11.5. The predicted molar refractivity (Wildman–Crippen MR) is 81.8 cm³/mol. The second-order valence-corrected chi connectivity index (χ2v) is 5.13. The number of carbonyl (C=O) groups excluding carboxylic acids is 2. The summed E-state index contributed by atoms with van der Waals surface area (Å²) in [6, 6.07) is 2.73. The van der Waals surface area contributed by atoms with Crippen molar-refractivity contribution in [2.75, 3.05) is 0 Å². The molecule has 0 saturated heterocycles. The van der Waals surface area contributed by atoms with Crippen LogP contribution in [0.4, 0.5) is 0 Å². The third-order valence-corrected chi connectivity index (χ3v) is 3.19. The molecule has 21 heavy (non-hydrogen) atoms. The van der Waals surface area contributed by atoms with Gasteiger partial charge in [0.2, 0.25) is 0 Å². The van der Waals surface area contributed by atoms with Gasteiger partial charge in [0.05, 0.1) is 16.3 Å². The zero-order chi connectivity index (χ0) is 16.0. The van der Waals surface area contributed by atoms with Gasteiger partial charge >= 0.3 is 11.8 Å². The van der Waals surface area contributed by atoms with E-state index < -0.39 is 11.8 Å². The summed E-state index contributed by atoms with van der Waals surface area (Å²) in [6.07, 6.45) is 1.97. The average molecular weight is 332 g/mol. The molecular weight excluding hydrogens is 317 g/mol. The van der Waals surface area contributed by atoms with Crippen LogP contribution in [0.1, 0.15) is 25.8 Å². The molecule has 114 valence electrons. The fraction of sp³-hybridized carbons (Fsp3) is 0.308. The number of rotatable bonds is 4. The Morgan fingerprint density at radius 3 is 2.43 bits per heavy atom. The van der Waals surface area contributed by atoms with Crippen molar-refractivity contribution in [2.24, 2.45) is 5.10 Å². The van der Waals surface area contributed by atoms with Gasteiger partial charge in [-0.25, -0.2) is 5.43 Å². The number of nitrogens with one attached hydrogen (secondary N) is 2. The van der Waals surface area contributed by atoms with Crippen molar-refractivity contribution >= 4 is 41.2 Å². The van der Waals surface area contributed by atoms with Crippen LogP contribution < -0.4 is 10.7 Å². The first-order valence-electron chi connectivity index (χ1n) is 6.17. The zero-order valence-corrected chi connectivity index (χ0v) is 13.0. The lowest BCUT2D eigenvalue weighted by Crippen LogP contribution is -2.41. The topological polar surface area (TPSA) is 90.8 Å². The predicted octanol–water partition coefficient (Wildman–Crippen LogP) is 2.06. The Kier molecular flexibility index (Phi) is 6.45. The maximum atomic E-state index is 11.4. The molecule has 1 atom stereocenters. The van der Waals surface area contributed by atoms with Gasteiger partial charge in [0.25, 0.3) is 0 Å². The fourth-order valence-electron chi connectivity index (χ4n) is 1.27. The van der Waals surface area contributed by atoms with Crippen LogP contribution in [0.3, 0.4) is 0 Å². The van der Waals surface area contributed by atoms with Crippen LogP contribution in [0.5, 0.6) is 5.75 Å². The average Bonchev–Trinajstić information content (AvgIpc) is 2.44. The lowest BCUT2D eigenvalue weighted by atomic mass is 10.2. The minimum absolute atomic E-state index is 0.0600. The van der Waals surface area contributed by atoms with E-state index in [0.717, 1.165) is 0 Å². The molecule has 0 bridgehead atoms. The van der Waals surface area contributed by atoms with Gasteiger partial charge in [0, 0.05) is 6.04 Å². The maximum absolute atomic E-state index is 11.4. The molecule has 2 amide bonds. The molecule has 0 aliphatic rings. The van der Waals surface area contributed by atoms with Gasteiger partial charge in [-0.2, -0.15) is 5.10 Å². The van der Waals surface area contributed by atoms with Crippen LogP contribution in [-0.4, -0.2) is 29.2 Å². The molecular formula is C13H15Cl2N3O3. The number of hydrazone groups is 1. The number of phenols is 1. The third kappa shape index (κ3) is 5.24. The number of phenolic OH excluding ortho intramolecular Hbond substituents is 1. The van der Waals surface area contributed by atoms with Crippen molar-refractivity contribution in [2.45, 2.75) is 26.3 Å². The zero-order valence-electron chi connectivity index (χ0n) is 11.5. The second-order valence-electron chi connectivity index (χ2n) is 4.32. The molecule has 0 radical (unpaired) electrons. The Morgan fingerprint density at radius 2 is 1.90 bits per heavy atom. The number of halogens is 2. The number of aromatic hydroxyl groups is 1. The van der Waals surface area contributed by atoms with Gasteiger partial charge in [-0.3, -0.25) is 9.59 Å². The largest absolute Gasteiger partial charge is 0.505 e. The molecule has 0 aliphatic heterocycles. The number of hydrogen-bond donors (Lipinski definition) is 3. The van der Waals surface area contributed by atoms with Crippen LogP contribution in [-0.2, 0) is 9.59 Å².